The smallest absolute Gasteiger partial charge is 0.329 e. The van der Waals surface area contributed by atoms with E-state index in [1.165, 1.54) is 6.20 Å². The lowest BCUT2D eigenvalue weighted by Gasteiger charge is -2.24. The van der Waals surface area contributed by atoms with Crippen LogP contribution in [0.3, 0.4) is 0 Å². The van der Waals surface area contributed by atoms with Crippen molar-refractivity contribution in [2.45, 2.75) is 37.8 Å². The molecule has 1 aliphatic heterocycles. The number of anilines is 3. The van der Waals surface area contributed by atoms with Crippen molar-refractivity contribution < 1.29 is 9.72 Å². The summed E-state index contributed by atoms with van der Waals surface area (Å²) in [5.74, 6) is 0.438. The van der Waals surface area contributed by atoms with E-state index in [0.29, 0.717) is 18.9 Å². The molecule has 0 bridgehead atoms. The summed E-state index contributed by atoms with van der Waals surface area (Å²) in [5.41, 5.74) is 0.588. The fourth-order valence-electron chi connectivity index (χ4n) is 3.19. The Morgan fingerprint density at radius 2 is 2.00 bits per heavy atom. The van der Waals surface area contributed by atoms with Gasteiger partial charge in [-0.05, 0) is 37.8 Å². The van der Waals surface area contributed by atoms with Crippen LogP contribution in [0.15, 0.2) is 36.5 Å². The summed E-state index contributed by atoms with van der Waals surface area (Å²) >= 11 is 0. The third kappa shape index (κ3) is 3.81. The first-order chi connectivity index (χ1) is 13.1. The van der Waals surface area contributed by atoms with Gasteiger partial charge in [0.15, 0.2) is 0 Å². The van der Waals surface area contributed by atoms with E-state index >= 15 is 0 Å². The summed E-state index contributed by atoms with van der Waals surface area (Å²) in [7, 11) is 0. The van der Waals surface area contributed by atoms with Crippen LogP contribution in [-0.4, -0.2) is 39.4 Å². The molecule has 2 aliphatic rings. The van der Waals surface area contributed by atoms with Gasteiger partial charge in [-0.25, -0.2) is 4.98 Å². The van der Waals surface area contributed by atoms with Gasteiger partial charge in [0, 0.05) is 18.3 Å². The number of rotatable bonds is 6. The Kier molecular flexibility index (Phi) is 4.57. The van der Waals surface area contributed by atoms with Gasteiger partial charge in [0.05, 0.1) is 4.92 Å². The second-order valence-electron chi connectivity index (χ2n) is 6.79. The lowest BCUT2D eigenvalue weighted by Crippen LogP contribution is -2.40. The summed E-state index contributed by atoms with van der Waals surface area (Å²) in [6.45, 7) is 0.632. The van der Waals surface area contributed by atoms with Crippen LogP contribution < -0.4 is 15.5 Å². The molecule has 0 spiro atoms. The Balaban J connectivity index is 1.55. The van der Waals surface area contributed by atoms with Gasteiger partial charge < -0.3 is 15.5 Å². The molecule has 1 aromatic heterocycles. The highest BCUT2D eigenvalue weighted by Crippen LogP contribution is 2.32. The van der Waals surface area contributed by atoms with Gasteiger partial charge in [-0.1, -0.05) is 18.2 Å². The molecule has 0 unspecified atom stereocenters. The fourth-order valence-corrected chi connectivity index (χ4v) is 3.19. The molecule has 27 heavy (non-hydrogen) atoms. The fraction of sp³-hybridized carbons (Fsp3) is 0.389. The maximum absolute atomic E-state index is 12.7. The van der Waals surface area contributed by atoms with Crippen LogP contribution in [0.5, 0.6) is 0 Å². The van der Waals surface area contributed by atoms with Gasteiger partial charge in [0.25, 0.3) is 0 Å². The van der Waals surface area contributed by atoms with E-state index in [-0.39, 0.29) is 23.5 Å². The van der Waals surface area contributed by atoms with Crippen molar-refractivity contribution in [2.75, 3.05) is 22.1 Å². The number of aromatic nitrogens is 2. The molecule has 1 saturated heterocycles. The minimum Gasteiger partial charge on any atom is -0.361 e. The van der Waals surface area contributed by atoms with E-state index in [4.69, 9.17) is 0 Å². The molecule has 9 heteroatoms. The van der Waals surface area contributed by atoms with Crippen LogP contribution in [0, 0.1) is 10.1 Å². The number of carbonyl (C=O) groups excluding carboxylic acids is 1. The van der Waals surface area contributed by atoms with Crippen LogP contribution in [0.1, 0.15) is 25.7 Å². The molecule has 140 valence electrons. The summed E-state index contributed by atoms with van der Waals surface area (Å²) in [6, 6.07) is 9.09. The van der Waals surface area contributed by atoms with Crippen molar-refractivity contribution in [3.05, 3.63) is 46.6 Å². The van der Waals surface area contributed by atoms with Crippen molar-refractivity contribution >= 4 is 29.0 Å². The highest BCUT2D eigenvalue weighted by molar-refractivity contribution is 5.97. The largest absolute Gasteiger partial charge is 0.361 e. The van der Waals surface area contributed by atoms with Crippen LogP contribution in [0.25, 0.3) is 0 Å². The van der Waals surface area contributed by atoms with Crippen LogP contribution in [-0.2, 0) is 4.79 Å². The van der Waals surface area contributed by atoms with Crippen LogP contribution in [0.2, 0.25) is 0 Å². The molecule has 0 radical (unpaired) electrons. The second-order valence-corrected chi connectivity index (χ2v) is 6.79. The average Bonchev–Trinajstić information content (AvgIpc) is 3.33. The van der Waals surface area contributed by atoms with Gasteiger partial charge in [-0.2, -0.15) is 4.98 Å². The standard InChI is InChI=1S/C18H20N6O3/c25-17(21-12-5-2-1-3-6-12)14-7-4-10-23(14)18-19-11-15(24(26)27)16(22-18)20-13-8-9-13/h1-3,5-6,11,13-14H,4,7-10H2,(H,21,25)(H,19,20,22)/t14-/m1/s1. The summed E-state index contributed by atoms with van der Waals surface area (Å²) in [6.07, 6.45) is 4.69. The van der Waals surface area contributed by atoms with Crippen molar-refractivity contribution in [1.29, 1.82) is 0 Å². The first-order valence-corrected chi connectivity index (χ1v) is 9.02. The monoisotopic (exact) mass is 368 g/mol. The molecule has 1 atom stereocenters. The second kappa shape index (κ2) is 7.18. The van der Waals surface area contributed by atoms with E-state index in [1.54, 1.807) is 0 Å². The quantitative estimate of drug-likeness (QED) is 0.595. The zero-order valence-electron chi connectivity index (χ0n) is 14.7. The third-order valence-electron chi connectivity index (χ3n) is 4.73. The zero-order valence-corrected chi connectivity index (χ0v) is 14.7. The number of hydrogen-bond acceptors (Lipinski definition) is 7. The molecule has 2 heterocycles. The topological polar surface area (TPSA) is 113 Å². The number of benzene rings is 1. The predicted molar refractivity (Wildman–Crippen MR) is 101 cm³/mol. The van der Waals surface area contributed by atoms with Crippen molar-refractivity contribution in [3.8, 4) is 0 Å². The molecule has 1 amide bonds. The van der Waals surface area contributed by atoms with Gasteiger partial charge in [0.1, 0.15) is 12.2 Å². The number of amides is 1. The van der Waals surface area contributed by atoms with Gasteiger partial charge in [-0.3, -0.25) is 14.9 Å². The first kappa shape index (κ1) is 17.2. The van der Waals surface area contributed by atoms with Gasteiger partial charge in [-0.15, -0.1) is 0 Å². The molecule has 2 N–H and O–H groups in total. The zero-order chi connectivity index (χ0) is 18.8. The molecule has 1 aliphatic carbocycles. The Morgan fingerprint density at radius 1 is 1.22 bits per heavy atom. The van der Waals surface area contributed by atoms with E-state index in [2.05, 4.69) is 20.6 Å². The van der Waals surface area contributed by atoms with Gasteiger partial charge in [0.2, 0.25) is 17.7 Å². The van der Waals surface area contributed by atoms with Gasteiger partial charge >= 0.3 is 5.69 Å². The molecule has 1 saturated carbocycles. The first-order valence-electron chi connectivity index (χ1n) is 9.02. The summed E-state index contributed by atoms with van der Waals surface area (Å²) in [5, 5.41) is 17.2. The maximum Gasteiger partial charge on any atom is 0.329 e. The molecule has 2 aromatic rings. The maximum atomic E-state index is 12.7. The number of nitrogens with zero attached hydrogens (tertiary/aromatic N) is 4. The number of nitro groups is 1. The minimum atomic E-state index is -0.488. The van der Waals surface area contributed by atoms with Crippen molar-refractivity contribution in [1.82, 2.24) is 9.97 Å². The van der Waals surface area contributed by atoms with E-state index in [0.717, 1.165) is 24.9 Å². The molecule has 2 fully saturated rings. The summed E-state index contributed by atoms with van der Waals surface area (Å²) in [4.78, 5) is 33.8. The Labute approximate surface area is 156 Å². The Bertz CT molecular complexity index is 855. The third-order valence-corrected chi connectivity index (χ3v) is 4.73. The number of hydrogen-bond donors (Lipinski definition) is 2. The Morgan fingerprint density at radius 3 is 2.70 bits per heavy atom. The molecule has 4 rings (SSSR count). The van der Waals surface area contributed by atoms with E-state index in [1.807, 2.05) is 35.2 Å². The van der Waals surface area contributed by atoms with Crippen LogP contribution in [0.4, 0.5) is 23.1 Å². The number of carbonyl (C=O) groups is 1. The van der Waals surface area contributed by atoms with Crippen molar-refractivity contribution in [3.63, 3.8) is 0 Å². The highest BCUT2D eigenvalue weighted by atomic mass is 16.6. The van der Waals surface area contributed by atoms with E-state index in [9.17, 15) is 14.9 Å². The van der Waals surface area contributed by atoms with Crippen LogP contribution >= 0.6 is 0 Å². The Hall–Kier alpha value is -3.23. The molecule has 1 aromatic carbocycles. The number of para-hydroxylation sites is 1. The molecule has 9 nitrogen and oxygen atoms in total. The lowest BCUT2D eigenvalue weighted by molar-refractivity contribution is -0.384. The molecular weight excluding hydrogens is 348 g/mol. The SMILES string of the molecule is O=C(Nc1ccccc1)[C@H]1CCCN1c1ncc([N+](=O)[O-])c(NC2CC2)n1. The minimum absolute atomic E-state index is 0.127. The lowest BCUT2D eigenvalue weighted by atomic mass is 10.2. The van der Waals surface area contributed by atoms with Crippen molar-refractivity contribution in [2.24, 2.45) is 0 Å². The van der Waals surface area contributed by atoms with E-state index < -0.39 is 11.0 Å². The molecular formula is C18H20N6O3. The predicted octanol–water partition coefficient (Wildman–Crippen LogP) is 2.57. The summed E-state index contributed by atoms with van der Waals surface area (Å²) < 4.78 is 0. The number of nitrogens with one attached hydrogen (secondary N) is 2. The average molecular weight is 368 g/mol. The highest BCUT2D eigenvalue weighted by Gasteiger charge is 2.34. The normalized spacial score (nSPS) is 19.0.